The number of tetrazole rings is 1. The number of hydrogen-bond donors (Lipinski definition) is 2. The molecule has 0 bridgehead atoms. The van der Waals surface area contributed by atoms with Crippen LogP contribution in [0.2, 0.25) is 0 Å². The summed E-state index contributed by atoms with van der Waals surface area (Å²) in [6.45, 7) is 3.95. The molecule has 0 unspecified atom stereocenters. The van der Waals surface area contributed by atoms with E-state index in [1.165, 1.54) is 12.8 Å². The first-order valence-corrected chi connectivity index (χ1v) is 8.20. The predicted octanol–water partition coefficient (Wildman–Crippen LogP) is 1.91. The fourth-order valence-electron chi connectivity index (χ4n) is 2.27. The summed E-state index contributed by atoms with van der Waals surface area (Å²) < 4.78 is 7.14. The van der Waals surface area contributed by atoms with Gasteiger partial charge in [0.1, 0.15) is 0 Å². The van der Waals surface area contributed by atoms with Gasteiger partial charge in [-0.1, -0.05) is 6.07 Å². The van der Waals surface area contributed by atoms with E-state index in [9.17, 15) is 4.79 Å². The molecule has 1 saturated carbocycles. The molecular weight excluding hydrogens is 308 g/mol. The average molecular weight is 330 g/mol. The molecule has 1 aliphatic carbocycles. The maximum atomic E-state index is 11.9. The van der Waals surface area contributed by atoms with Crippen LogP contribution in [0.15, 0.2) is 24.3 Å². The first-order valence-electron chi connectivity index (χ1n) is 8.20. The van der Waals surface area contributed by atoms with Crippen molar-refractivity contribution in [2.75, 3.05) is 25.1 Å². The number of ether oxygens (including phenoxy) is 1. The van der Waals surface area contributed by atoms with Crippen molar-refractivity contribution in [3.05, 3.63) is 30.1 Å². The van der Waals surface area contributed by atoms with Crippen LogP contribution in [-0.4, -0.2) is 46.0 Å². The monoisotopic (exact) mass is 330 g/mol. The molecule has 3 rings (SSSR count). The number of aryl methyl sites for hydroxylation is 1. The Morgan fingerprint density at radius 2 is 2.29 bits per heavy atom. The van der Waals surface area contributed by atoms with E-state index in [0.29, 0.717) is 24.7 Å². The lowest BCUT2D eigenvalue weighted by Gasteiger charge is -2.09. The van der Waals surface area contributed by atoms with Gasteiger partial charge in [-0.2, -0.15) is 4.68 Å². The molecule has 8 nitrogen and oxygen atoms in total. The molecule has 0 saturated heterocycles. The van der Waals surface area contributed by atoms with Gasteiger partial charge in [-0.25, -0.2) is 4.79 Å². The van der Waals surface area contributed by atoms with Crippen molar-refractivity contribution in [3.63, 3.8) is 0 Å². The second kappa shape index (κ2) is 7.87. The van der Waals surface area contributed by atoms with Crippen LogP contribution in [0.5, 0.6) is 0 Å². The minimum Gasteiger partial charge on any atom is -0.381 e. The van der Waals surface area contributed by atoms with Crippen molar-refractivity contribution in [1.82, 2.24) is 25.5 Å². The molecule has 0 spiro atoms. The maximum absolute atomic E-state index is 11.9. The van der Waals surface area contributed by atoms with Crippen LogP contribution < -0.4 is 10.6 Å². The van der Waals surface area contributed by atoms with Gasteiger partial charge in [0.2, 0.25) is 0 Å². The Morgan fingerprint density at radius 1 is 1.42 bits per heavy atom. The molecule has 0 radical (unpaired) electrons. The molecular formula is C16H22N6O2. The highest BCUT2D eigenvalue weighted by molar-refractivity contribution is 5.89. The van der Waals surface area contributed by atoms with Crippen molar-refractivity contribution in [1.29, 1.82) is 0 Å². The highest BCUT2D eigenvalue weighted by Gasteiger charge is 2.20. The van der Waals surface area contributed by atoms with Crippen LogP contribution in [0.4, 0.5) is 10.5 Å². The van der Waals surface area contributed by atoms with Crippen molar-refractivity contribution in [3.8, 4) is 5.69 Å². The number of hydrogen-bond acceptors (Lipinski definition) is 5. The van der Waals surface area contributed by atoms with Gasteiger partial charge >= 0.3 is 6.03 Å². The molecule has 2 amide bonds. The molecule has 0 atom stereocenters. The predicted molar refractivity (Wildman–Crippen MR) is 89.1 cm³/mol. The highest BCUT2D eigenvalue weighted by Crippen LogP contribution is 2.28. The molecule has 2 N–H and O–H groups in total. The van der Waals surface area contributed by atoms with E-state index in [1.807, 2.05) is 31.2 Å². The van der Waals surface area contributed by atoms with Gasteiger partial charge in [0.15, 0.2) is 5.82 Å². The van der Waals surface area contributed by atoms with Crippen LogP contribution in [0.1, 0.15) is 25.1 Å². The van der Waals surface area contributed by atoms with E-state index < -0.39 is 0 Å². The Kier molecular flexibility index (Phi) is 5.37. The van der Waals surface area contributed by atoms with E-state index in [0.717, 1.165) is 24.6 Å². The van der Waals surface area contributed by atoms with Gasteiger partial charge in [0.05, 0.1) is 5.69 Å². The Morgan fingerprint density at radius 3 is 3.04 bits per heavy atom. The SMILES string of the molecule is Cc1nnnn1-c1cccc(NC(=O)NCCCOCC2CC2)c1. The van der Waals surface area contributed by atoms with E-state index >= 15 is 0 Å². The summed E-state index contributed by atoms with van der Waals surface area (Å²) in [5, 5.41) is 17.0. The van der Waals surface area contributed by atoms with Gasteiger partial charge < -0.3 is 15.4 Å². The number of urea groups is 1. The normalized spacial score (nSPS) is 13.7. The van der Waals surface area contributed by atoms with Crippen LogP contribution >= 0.6 is 0 Å². The van der Waals surface area contributed by atoms with Gasteiger partial charge in [0, 0.05) is 25.4 Å². The number of nitrogens with one attached hydrogen (secondary N) is 2. The lowest BCUT2D eigenvalue weighted by atomic mass is 10.3. The van der Waals surface area contributed by atoms with E-state index in [1.54, 1.807) is 4.68 Å². The fourth-order valence-corrected chi connectivity index (χ4v) is 2.27. The van der Waals surface area contributed by atoms with Crippen LogP contribution in [0.3, 0.4) is 0 Å². The number of anilines is 1. The maximum Gasteiger partial charge on any atom is 0.319 e. The second-order valence-corrected chi connectivity index (χ2v) is 5.94. The van der Waals surface area contributed by atoms with Gasteiger partial charge in [-0.3, -0.25) is 0 Å². The molecule has 0 aliphatic heterocycles. The van der Waals surface area contributed by atoms with Gasteiger partial charge in [-0.15, -0.1) is 5.10 Å². The van der Waals surface area contributed by atoms with Crippen molar-refractivity contribution in [2.24, 2.45) is 5.92 Å². The first-order chi connectivity index (χ1) is 11.7. The van der Waals surface area contributed by atoms with Gasteiger partial charge in [0.25, 0.3) is 0 Å². The third-order valence-electron chi connectivity index (χ3n) is 3.78. The second-order valence-electron chi connectivity index (χ2n) is 5.94. The molecule has 1 aliphatic rings. The van der Waals surface area contributed by atoms with E-state index in [2.05, 4.69) is 26.2 Å². The number of amides is 2. The summed E-state index contributed by atoms with van der Waals surface area (Å²) >= 11 is 0. The molecule has 1 fully saturated rings. The Labute approximate surface area is 140 Å². The van der Waals surface area contributed by atoms with Crippen LogP contribution in [0.25, 0.3) is 5.69 Å². The van der Waals surface area contributed by atoms with Crippen molar-refractivity contribution >= 4 is 11.7 Å². The summed E-state index contributed by atoms with van der Waals surface area (Å²) in [7, 11) is 0. The zero-order valence-corrected chi connectivity index (χ0v) is 13.7. The minimum atomic E-state index is -0.234. The number of aromatic nitrogens is 4. The molecule has 1 aromatic carbocycles. The van der Waals surface area contributed by atoms with Crippen LogP contribution in [0, 0.1) is 12.8 Å². The number of carbonyl (C=O) groups is 1. The molecule has 8 heteroatoms. The highest BCUT2D eigenvalue weighted by atomic mass is 16.5. The third kappa shape index (κ3) is 4.76. The summed E-state index contributed by atoms with van der Waals surface area (Å²) in [6.07, 6.45) is 3.40. The standard InChI is InChI=1S/C16H22N6O2/c1-12-19-20-21-22(12)15-5-2-4-14(10-15)18-16(23)17-8-3-9-24-11-13-6-7-13/h2,4-5,10,13H,3,6-9,11H2,1H3,(H2,17,18,23). The molecule has 2 aromatic rings. The average Bonchev–Trinajstić information content (AvgIpc) is 3.30. The largest absolute Gasteiger partial charge is 0.381 e. The number of carbonyl (C=O) groups excluding carboxylic acids is 1. The molecule has 24 heavy (non-hydrogen) atoms. The summed E-state index contributed by atoms with van der Waals surface area (Å²) in [6, 6.07) is 7.13. The Hall–Kier alpha value is -2.48. The van der Waals surface area contributed by atoms with E-state index in [-0.39, 0.29) is 6.03 Å². The van der Waals surface area contributed by atoms with Crippen molar-refractivity contribution < 1.29 is 9.53 Å². The fraction of sp³-hybridized carbons (Fsp3) is 0.500. The van der Waals surface area contributed by atoms with Crippen molar-refractivity contribution in [2.45, 2.75) is 26.2 Å². The zero-order valence-electron chi connectivity index (χ0n) is 13.7. The minimum absolute atomic E-state index is 0.234. The summed E-state index contributed by atoms with van der Waals surface area (Å²) in [4.78, 5) is 11.9. The Balaban J connectivity index is 1.41. The molecule has 1 aromatic heterocycles. The molecule has 1 heterocycles. The van der Waals surface area contributed by atoms with Crippen LogP contribution in [-0.2, 0) is 4.74 Å². The summed E-state index contributed by atoms with van der Waals surface area (Å²) in [5.41, 5.74) is 1.48. The smallest absolute Gasteiger partial charge is 0.319 e. The van der Waals surface area contributed by atoms with Gasteiger partial charge in [-0.05, 0) is 60.7 Å². The Bertz CT molecular complexity index is 683. The molecule has 128 valence electrons. The quantitative estimate of drug-likeness (QED) is 0.721. The number of nitrogens with zero attached hydrogens (tertiary/aromatic N) is 4. The number of benzene rings is 1. The van der Waals surface area contributed by atoms with E-state index in [4.69, 9.17) is 4.74 Å². The lowest BCUT2D eigenvalue weighted by Crippen LogP contribution is -2.30. The number of rotatable bonds is 8. The topological polar surface area (TPSA) is 94.0 Å². The third-order valence-corrected chi connectivity index (χ3v) is 3.78. The zero-order chi connectivity index (χ0) is 16.8. The summed E-state index contributed by atoms with van der Waals surface area (Å²) in [5.74, 6) is 1.46. The lowest BCUT2D eigenvalue weighted by molar-refractivity contribution is 0.122. The first kappa shape index (κ1) is 16.4.